The molecule has 1 aromatic carbocycles. The molecule has 1 aliphatic rings. The third-order valence-electron chi connectivity index (χ3n) is 4.14. The first-order chi connectivity index (χ1) is 9.60. The van der Waals surface area contributed by atoms with Gasteiger partial charge in [0, 0.05) is 12.2 Å². The van der Waals surface area contributed by atoms with E-state index in [1.807, 2.05) is 19.1 Å². The number of aryl methyl sites for hydroxylation is 1. The van der Waals surface area contributed by atoms with Gasteiger partial charge >= 0.3 is 5.97 Å². The molecule has 1 saturated heterocycles. The van der Waals surface area contributed by atoms with Gasteiger partial charge in [0.25, 0.3) is 0 Å². The van der Waals surface area contributed by atoms with Crippen LogP contribution in [0.1, 0.15) is 35.7 Å². The van der Waals surface area contributed by atoms with Crippen molar-refractivity contribution in [3.63, 3.8) is 0 Å². The molecule has 0 saturated carbocycles. The number of carbonyl (C=O) groups is 1. The molecule has 1 fully saturated rings. The van der Waals surface area contributed by atoms with E-state index in [0.29, 0.717) is 11.5 Å². The normalized spacial score (nSPS) is 17.1. The van der Waals surface area contributed by atoms with Crippen molar-refractivity contribution in [1.29, 1.82) is 0 Å². The van der Waals surface area contributed by atoms with Gasteiger partial charge in [-0.15, -0.1) is 0 Å². The van der Waals surface area contributed by atoms with Crippen LogP contribution in [0.4, 0.5) is 5.69 Å². The molecule has 0 aliphatic carbocycles. The number of nitrogens with zero attached hydrogens (tertiary/aromatic N) is 1. The van der Waals surface area contributed by atoms with Crippen molar-refractivity contribution in [2.45, 2.75) is 26.7 Å². The quantitative estimate of drug-likeness (QED) is 0.868. The Morgan fingerprint density at radius 2 is 2.10 bits per heavy atom. The highest BCUT2D eigenvalue weighted by Gasteiger charge is 2.18. The smallest absolute Gasteiger partial charge is 0.337 e. The Bertz CT molecular complexity index is 466. The SMILES string of the molecule is CCN1CCC(CNc2cc(C)ccc2C(=O)O)CC1. The zero-order chi connectivity index (χ0) is 14.5. The average Bonchev–Trinajstić information content (AvgIpc) is 2.45. The molecular weight excluding hydrogens is 252 g/mol. The Balaban J connectivity index is 1.94. The Hall–Kier alpha value is -1.55. The number of rotatable bonds is 5. The first-order valence-corrected chi connectivity index (χ1v) is 7.40. The largest absolute Gasteiger partial charge is 0.478 e. The van der Waals surface area contributed by atoms with Gasteiger partial charge in [0.05, 0.1) is 5.56 Å². The molecule has 0 amide bonds. The monoisotopic (exact) mass is 276 g/mol. The van der Waals surface area contributed by atoms with E-state index >= 15 is 0 Å². The maximum atomic E-state index is 11.2. The number of benzene rings is 1. The molecule has 4 nitrogen and oxygen atoms in total. The van der Waals surface area contributed by atoms with Crippen LogP contribution < -0.4 is 5.32 Å². The summed E-state index contributed by atoms with van der Waals surface area (Å²) in [5.41, 5.74) is 2.19. The number of anilines is 1. The summed E-state index contributed by atoms with van der Waals surface area (Å²) in [6.45, 7) is 8.48. The van der Waals surface area contributed by atoms with Crippen LogP contribution in [0.5, 0.6) is 0 Å². The van der Waals surface area contributed by atoms with E-state index in [2.05, 4.69) is 17.1 Å². The number of likely N-dealkylation sites (tertiary alicyclic amines) is 1. The van der Waals surface area contributed by atoms with Crippen molar-refractivity contribution >= 4 is 11.7 Å². The molecule has 0 unspecified atom stereocenters. The molecule has 2 rings (SSSR count). The van der Waals surface area contributed by atoms with Gasteiger partial charge in [0.15, 0.2) is 0 Å². The van der Waals surface area contributed by atoms with Crippen molar-refractivity contribution < 1.29 is 9.90 Å². The molecule has 1 aliphatic heterocycles. The lowest BCUT2D eigenvalue weighted by molar-refractivity contribution is 0.0698. The van der Waals surface area contributed by atoms with E-state index in [9.17, 15) is 9.90 Å². The molecular formula is C16H24N2O2. The second kappa shape index (κ2) is 6.75. The topological polar surface area (TPSA) is 52.6 Å². The number of piperidine rings is 1. The van der Waals surface area contributed by atoms with Crippen LogP contribution in [0.25, 0.3) is 0 Å². The molecule has 20 heavy (non-hydrogen) atoms. The molecule has 0 radical (unpaired) electrons. The molecule has 0 bridgehead atoms. The molecule has 1 heterocycles. The fraction of sp³-hybridized carbons (Fsp3) is 0.562. The Morgan fingerprint density at radius 3 is 2.70 bits per heavy atom. The average molecular weight is 276 g/mol. The Kier molecular flexibility index (Phi) is 5.01. The summed E-state index contributed by atoms with van der Waals surface area (Å²) in [5.74, 6) is -0.228. The van der Waals surface area contributed by atoms with Gasteiger partial charge < -0.3 is 15.3 Å². The van der Waals surface area contributed by atoms with Crippen molar-refractivity contribution in [2.24, 2.45) is 5.92 Å². The van der Waals surface area contributed by atoms with Crippen molar-refractivity contribution in [3.05, 3.63) is 29.3 Å². The van der Waals surface area contributed by atoms with Crippen LogP contribution in [0.3, 0.4) is 0 Å². The van der Waals surface area contributed by atoms with E-state index in [1.165, 1.54) is 12.8 Å². The molecule has 4 heteroatoms. The maximum Gasteiger partial charge on any atom is 0.337 e. The van der Waals surface area contributed by atoms with Crippen LogP contribution in [0.15, 0.2) is 18.2 Å². The lowest BCUT2D eigenvalue weighted by atomic mass is 9.96. The van der Waals surface area contributed by atoms with Crippen LogP contribution in [0, 0.1) is 12.8 Å². The first kappa shape index (κ1) is 14.9. The third-order valence-corrected chi connectivity index (χ3v) is 4.14. The van der Waals surface area contributed by atoms with E-state index in [4.69, 9.17) is 0 Å². The number of hydrogen-bond acceptors (Lipinski definition) is 3. The fourth-order valence-corrected chi connectivity index (χ4v) is 2.75. The summed E-state index contributed by atoms with van der Waals surface area (Å²) in [6, 6.07) is 5.44. The zero-order valence-corrected chi connectivity index (χ0v) is 12.4. The molecule has 0 spiro atoms. The maximum absolute atomic E-state index is 11.2. The van der Waals surface area contributed by atoms with Crippen molar-refractivity contribution in [1.82, 2.24) is 4.90 Å². The molecule has 0 atom stereocenters. The molecule has 110 valence electrons. The number of nitrogens with one attached hydrogen (secondary N) is 1. The minimum absolute atomic E-state index is 0.363. The fourth-order valence-electron chi connectivity index (χ4n) is 2.75. The van der Waals surface area contributed by atoms with E-state index in [0.717, 1.165) is 37.4 Å². The van der Waals surface area contributed by atoms with Crippen molar-refractivity contribution in [2.75, 3.05) is 31.5 Å². The van der Waals surface area contributed by atoms with Gasteiger partial charge in [0.2, 0.25) is 0 Å². The summed E-state index contributed by atoms with van der Waals surface area (Å²) >= 11 is 0. The van der Waals surface area contributed by atoms with Crippen LogP contribution in [-0.4, -0.2) is 42.2 Å². The second-order valence-electron chi connectivity index (χ2n) is 5.61. The molecule has 1 aromatic rings. The molecule has 0 aromatic heterocycles. The van der Waals surface area contributed by atoms with Gasteiger partial charge in [-0.25, -0.2) is 4.79 Å². The predicted octanol–water partition coefficient (Wildman–Crippen LogP) is 2.84. The van der Waals surface area contributed by atoms with Crippen LogP contribution >= 0.6 is 0 Å². The van der Waals surface area contributed by atoms with E-state index < -0.39 is 5.97 Å². The molecule has 2 N–H and O–H groups in total. The number of hydrogen-bond donors (Lipinski definition) is 2. The van der Waals surface area contributed by atoms with E-state index in [-0.39, 0.29) is 0 Å². The second-order valence-corrected chi connectivity index (χ2v) is 5.61. The highest BCUT2D eigenvalue weighted by molar-refractivity contribution is 5.94. The minimum atomic E-state index is -0.867. The number of carboxylic acids is 1. The Labute approximate surface area is 120 Å². The number of carboxylic acid groups (broad SMARTS) is 1. The van der Waals surface area contributed by atoms with E-state index in [1.54, 1.807) is 6.07 Å². The predicted molar refractivity (Wildman–Crippen MR) is 81.5 cm³/mol. The van der Waals surface area contributed by atoms with Gasteiger partial charge in [-0.1, -0.05) is 13.0 Å². The van der Waals surface area contributed by atoms with Crippen LogP contribution in [-0.2, 0) is 0 Å². The third kappa shape index (κ3) is 3.73. The summed E-state index contributed by atoms with van der Waals surface area (Å²) in [6.07, 6.45) is 2.38. The minimum Gasteiger partial charge on any atom is -0.478 e. The summed E-state index contributed by atoms with van der Waals surface area (Å²) in [5, 5.41) is 12.6. The summed E-state index contributed by atoms with van der Waals surface area (Å²) in [4.78, 5) is 13.7. The first-order valence-electron chi connectivity index (χ1n) is 7.40. The van der Waals surface area contributed by atoms with Crippen molar-refractivity contribution in [3.8, 4) is 0 Å². The number of aromatic carboxylic acids is 1. The van der Waals surface area contributed by atoms with Gasteiger partial charge in [0.1, 0.15) is 0 Å². The zero-order valence-electron chi connectivity index (χ0n) is 12.4. The standard InChI is InChI=1S/C16H24N2O2/c1-3-18-8-6-13(7-9-18)11-17-15-10-12(2)4-5-14(15)16(19)20/h4-5,10,13,17H,3,6-9,11H2,1-2H3,(H,19,20). The van der Waals surface area contributed by atoms with Gasteiger partial charge in [-0.2, -0.15) is 0 Å². The lowest BCUT2D eigenvalue weighted by Gasteiger charge is -2.31. The highest BCUT2D eigenvalue weighted by atomic mass is 16.4. The van der Waals surface area contributed by atoms with Gasteiger partial charge in [-0.3, -0.25) is 0 Å². The lowest BCUT2D eigenvalue weighted by Crippen LogP contribution is -2.35. The summed E-state index contributed by atoms with van der Waals surface area (Å²) in [7, 11) is 0. The van der Waals surface area contributed by atoms with Gasteiger partial charge in [-0.05, 0) is 63.0 Å². The van der Waals surface area contributed by atoms with Crippen LogP contribution in [0.2, 0.25) is 0 Å². The summed E-state index contributed by atoms with van der Waals surface area (Å²) < 4.78 is 0. The Morgan fingerprint density at radius 1 is 1.40 bits per heavy atom. The highest BCUT2D eigenvalue weighted by Crippen LogP contribution is 2.21.